The molecule has 0 saturated carbocycles. The Morgan fingerprint density at radius 1 is 1.44 bits per heavy atom. The van der Waals surface area contributed by atoms with Gasteiger partial charge >= 0.3 is 0 Å². The Labute approximate surface area is 111 Å². The van der Waals surface area contributed by atoms with Crippen molar-refractivity contribution in [3.63, 3.8) is 0 Å². The van der Waals surface area contributed by atoms with Crippen molar-refractivity contribution in [1.82, 2.24) is 0 Å². The number of hydrogen-bond acceptors (Lipinski definition) is 4. The number of benzene rings is 1. The van der Waals surface area contributed by atoms with Crippen LogP contribution in [0.5, 0.6) is 0 Å². The monoisotopic (exact) mass is 283 g/mol. The zero-order valence-corrected chi connectivity index (χ0v) is 11.5. The summed E-state index contributed by atoms with van der Waals surface area (Å²) < 4.78 is 22.3. The van der Waals surface area contributed by atoms with Crippen molar-refractivity contribution in [1.29, 1.82) is 0 Å². The summed E-state index contributed by atoms with van der Waals surface area (Å²) in [4.78, 5) is 10.7. The first-order valence-corrected chi connectivity index (χ1v) is 7.68. The summed E-state index contributed by atoms with van der Waals surface area (Å²) in [5.74, 6) is 6.35. The smallest absolute Gasteiger partial charge is 0.238 e. The summed E-state index contributed by atoms with van der Waals surface area (Å²) in [5.41, 5.74) is 0.592. The molecule has 18 heavy (non-hydrogen) atoms. The maximum atomic E-state index is 11.1. The summed E-state index contributed by atoms with van der Waals surface area (Å²) in [5, 5.41) is 5.08. The second-order valence-electron chi connectivity index (χ2n) is 3.46. The lowest BCUT2D eigenvalue weighted by atomic mass is 10.2. The largest absolute Gasteiger partial charge is 0.288 e. The van der Waals surface area contributed by atoms with Gasteiger partial charge in [0.05, 0.1) is 4.90 Å². The third-order valence-corrected chi connectivity index (χ3v) is 3.65. The van der Waals surface area contributed by atoms with Crippen molar-refractivity contribution < 1.29 is 13.2 Å². The van der Waals surface area contributed by atoms with Gasteiger partial charge < -0.3 is 0 Å². The van der Waals surface area contributed by atoms with Crippen LogP contribution in [-0.4, -0.2) is 19.3 Å². The number of rotatable bonds is 3. The fourth-order valence-electron chi connectivity index (χ4n) is 1.16. The first kappa shape index (κ1) is 14.8. The molecule has 96 valence electrons. The van der Waals surface area contributed by atoms with Gasteiger partial charge in [-0.05, 0) is 18.2 Å². The van der Waals surface area contributed by atoms with E-state index in [-0.39, 0.29) is 10.0 Å². The van der Waals surface area contributed by atoms with Gasteiger partial charge in [0.2, 0.25) is 10.0 Å². The molecule has 0 radical (unpaired) electrons. The van der Waals surface area contributed by atoms with E-state index >= 15 is 0 Å². The van der Waals surface area contributed by atoms with Gasteiger partial charge in [0.25, 0.3) is 0 Å². The van der Waals surface area contributed by atoms with E-state index in [1.807, 2.05) is 0 Å². The lowest BCUT2D eigenvalue weighted by Crippen LogP contribution is -2.11. The predicted molar refractivity (Wildman–Crippen MR) is 72.4 cm³/mol. The Balaban J connectivity index is 2.69. The molecule has 0 aliphatic heterocycles. The van der Waals surface area contributed by atoms with E-state index in [1.54, 1.807) is 12.1 Å². The maximum absolute atomic E-state index is 11.1. The highest BCUT2D eigenvalue weighted by molar-refractivity contribution is 8.13. The molecule has 0 aliphatic carbocycles. The number of primary sulfonamides is 1. The molecule has 6 heteroatoms. The number of carbonyl (C=O) groups is 1. The topological polar surface area (TPSA) is 77.2 Å². The van der Waals surface area contributed by atoms with Crippen LogP contribution in [-0.2, 0) is 14.8 Å². The molecule has 0 heterocycles. The number of sulfonamides is 1. The average Bonchev–Trinajstić information content (AvgIpc) is 2.27. The molecular formula is C12H13NO3S2. The predicted octanol–water partition coefficient (Wildman–Crippen LogP) is 1.36. The number of thioether (sulfide) groups is 1. The molecule has 0 saturated heterocycles. The van der Waals surface area contributed by atoms with Crippen LogP contribution in [0.2, 0.25) is 0 Å². The summed E-state index contributed by atoms with van der Waals surface area (Å²) >= 11 is 1.22. The van der Waals surface area contributed by atoms with Crippen LogP contribution in [0.1, 0.15) is 18.9 Å². The summed E-state index contributed by atoms with van der Waals surface area (Å²) in [7, 11) is -3.69. The molecule has 0 aliphatic rings. The van der Waals surface area contributed by atoms with Crippen molar-refractivity contribution in [2.75, 3.05) is 5.75 Å². The van der Waals surface area contributed by atoms with E-state index < -0.39 is 10.0 Å². The molecule has 0 bridgehead atoms. The lowest BCUT2D eigenvalue weighted by Gasteiger charge is -1.97. The Kier molecular flexibility index (Phi) is 5.41. The number of nitrogens with two attached hydrogens (primary N) is 1. The maximum Gasteiger partial charge on any atom is 0.238 e. The third kappa shape index (κ3) is 5.36. The van der Waals surface area contributed by atoms with Crippen LogP contribution < -0.4 is 5.14 Å². The molecule has 0 aromatic heterocycles. The van der Waals surface area contributed by atoms with Crippen LogP contribution in [0.15, 0.2) is 29.2 Å². The minimum atomic E-state index is -3.69. The summed E-state index contributed by atoms with van der Waals surface area (Å²) in [6.07, 6.45) is 0.573. The number of hydrogen-bond donors (Lipinski definition) is 1. The van der Waals surface area contributed by atoms with E-state index in [4.69, 9.17) is 5.14 Å². The lowest BCUT2D eigenvalue weighted by molar-refractivity contribution is -0.109. The first-order valence-electron chi connectivity index (χ1n) is 5.15. The Morgan fingerprint density at radius 3 is 2.78 bits per heavy atom. The van der Waals surface area contributed by atoms with E-state index in [2.05, 4.69) is 11.8 Å². The van der Waals surface area contributed by atoms with E-state index in [1.165, 1.54) is 30.8 Å². The molecule has 1 aromatic rings. The van der Waals surface area contributed by atoms with E-state index in [0.717, 1.165) is 0 Å². The van der Waals surface area contributed by atoms with Crippen molar-refractivity contribution in [3.8, 4) is 11.8 Å². The molecule has 0 atom stereocenters. The fourth-order valence-corrected chi connectivity index (χ4v) is 2.21. The van der Waals surface area contributed by atoms with Gasteiger partial charge in [0.15, 0.2) is 5.12 Å². The van der Waals surface area contributed by atoms with Gasteiger partial charge in [-0.25, -0.2) is 13.6 Å². The fraction of sp³-hybridized carbons (Fsp3) is 0.250. The van der Waals surface area contributed by atoms with Crippen molar-refractivity contribution in [2.24, 2.45) is 5.14 Å². The van der Waals surface area contributed by atoms with E-state index in [0.29, 0.717) is 17.7 Å². The standard InChI is InChI=1S/C12H13NO3S2/c1-10(14)17-8-3-2-5-11-6-4-7-12(9-11)18(13,15)16/h4,6-7,9H,3,8H2,1H3,(H2,13,15,16). The third-order valence-electron chi connectivity index (χ3n) is 1.93. The van der Waals surface area contributed by atoms with Crippen molar-refractivity contribution in [3.05, 3.63) is 29.8 Å². The minimum Gasteiger partial charge on any atom is -0.288 e. The second kappa shape index (κ2) is 6.59. The van der Waals surface area contributed by atoms with Gasteiger partial charge in [-0.1, -0.05) is 29.7 Å². The summed E-state index contributed by atoms with van der Waals surface area (Å²) in [6.45, 7) is 1.51. The Hall–Kier alpha value is -1.29. The zero-order chi connectivity index (χ0) is 13.6. The van der Waals surface area contributed by atoms with Crippen LogP contribution in [0.3, 0.4) is 0 Å². The molecule has 1 rings (SSSR count). The molecule has 2 N–H and O–H groups in total. The Morgan fingerprint density at radius 2 is 2.17 bits per heavy atom. The molecule has 0 unspecified atom stereocenters. The van der Waals surface area contributed by atoms with Crippen molar-refractivity contribution in [2.45, 2.75) is 18.2 Å². The van der Waals surface area contributed by atoms with Gasteiger partial charge in [0.1, 0.15) is 0 Å². The highest BCUT2D eigenvalue weighted by atomic mass is 32.2. The molecule has 0 fully saturated rings. The second-order valence-corrected chi connectivity index (χ2v) is 6.30. The SMILES string of the molecule is CC(=O)SCCC#Cc1cccc(S(N)(=O)=O)c1. The van der Waals surface area contributed by atoms with Crippen molar-refractivity contribution >= 4 is 26.9 Å². The highest BCUT2D eigenvalue weighted by Gasteiger charge is 2.06. The van der Waals surface area contributed by atoms with Crippen LogP contribution >= 0.6 is 11.8 Å². The average molecular weight is 283 g/mol. The van der Waals surface area contributed by atoms with Gasteiger partial charge in [0, 0.05) is 24.7 Å². The number of carbonyl (C=O) groups excluding carboxylic acids is 1. The molecule has 0 spiro atoms. The highest BCUT2D eigenvalue weighted by Crippen LogP contribution is 2.09. The van der Waals surface area contributed by atoms with Crippen LogP contribution in [0, 0.1) is 11.8 Å². The van der Waals surface area contributed by atoms with E-state index in [9.17, 15) is 13.2 Å². The van der Waals surface area contributed by atoms with Crippen LogP contribution in [0.4, 0.5) is 0 Å². The molecular weight excluding hydrogens is 270 g/mol. The molecule has 4 nitrogen and oxygen atoms in total. The quantitative estimate of drug-likeness (QED) is 0.671. The molecule has 0 amide bonds. The van der Waals surface area contributed by atoms with Gasteiger partial charge in [-0.15, -0.1) is 0 Å². The Bertz CT molecular complexity index is 597. The summed E-state index contributed by atoms with van der Waals surface area (Å²) in [6, 6.07) is 6.15. The minimum absolute atomic E-state index is 0.0485. The first-order chi connectivity index (χ1) is 8.39. The molecule has 1 aromatic carbocycles. The van der Waals surface area contributed by atoms with Gasteiger partial charge in [-0.2, -0.15) is 0 Å². The van der Waals surface area contributed by atoms with Crippen LogP contribution in [0.25, 0.3) is 0 Å². The zero-order valence-electron chi connectivity index (χ0n) is 9.84. The van der Waals surface area contributed by atoms with Gasteiger partial charge in [-0.3, -0.25) is 4.79 Å². The normalized spacial score (nSPS) is 10.6.